The molecule has 1 aliphatic carbocycles. The first kappa shape index (κ1) is 31.0. The van der Waals surface area contributed by atoms with Crippen molar-refractivity contribution in [2.24, 2.45) is 7.05 Å². The Bertz CT molecular complexity index is 1820. The number of carbonyl (C=O) groups excluding carboxylic acids is 2. The van der Waals surface area contributed by atoms with Crippen LogP contribution in [0.25, 0.3) is 22.5 Å². The molecule has 1 aliphatic rings. The Morgan fingerprint density at radius 1 is 1.02 bits per heavy atom. The zero-order valence-electron chi connectivity index (χ0n) is 25.9. The van der Waals surface area contributed by atoms with Crippen molar-refractivity contribution in [1.82, 2.24) is 25.5 Å². The van der Waals surface area contributed by atoms with E-state index in [1.54, 1.807) is 58.5 Å². The van der Waals surface area contributed by atoms with Gasteiger partial charge in [0.05, 0.1) is 40.1 Å². The van der Waals surface area contributed by atoms with Crippen LogP contribution in [0.3, 0.4) is 0 Å². The lowest BCUT2D eigenvalue weighted by atomic mass is 9.95. The van der Waals surface area contributed by atoms with E-state index < -0.39 is 12.1 Å². The number of hydrogen-bond donors (Lipinski definition) is 3. The molecule has 5 rings (SSSR count). The molecule has 0 radical (unpaired) electrons. The van der Waals surface area contributed by atoms with Gasteiger partial charge in [0.2, 0.25) is 28.8 Å². The first-order valence-corrected chi connectivity index (χ1v) is 14.3. The minimum atomic E-state index is -0.782. The molecule has 3 aromatic carbocycles. The van der Waals surface area contributed by atoms with Gasteiger partial charge < -0.3 is 30.2 Å². The largest absolute Gasteiger partial charge is 0.493 e. The predicted molar refractivity (Wildman–Crippen MR) is 169 cm³/mol. The van der Waals surface area contributed by atoms with Crippen molar-refractivity contribution in [3.8, 4) is 39.8 Å². The number of rotatable bonds is 9. The average Bonchev–Trinajstić information content (AvgIpc) is 3.33. The van der Waals surface area contributed by atoms with E-state index in [-0.39, 0.29) is 22.9 Å². The molecule has 13 nitrogen and oxygen atoms in total. The number of nitrogens with zero attached hydrogens (tertiary/aromatic N) is 4. The number of aromatic nitrogens is 4. The fourth-order valence-corrected chi connectivity index (χ4v) is 5.51. The summed E-state index contributed by atoms with van der Waals surface area (Å²) in [5, 5.41) is 21.0. The van der Waals surface area contributed by atoms with Gasteiger partial charge in [-0.2, -0.15) is 4.80 Å². The van der Waals surface area contributed by atoms with Crippen molar-refractivity contribution in [2.45, 2.75) is 38.8 Å². The summed E-state index contributed by atoms with van der Waals surface area (Å²) in [6.07, 6.45) is 1.12. The van der Waals surface area contributed by atoms with Crippen LogP contribution in [-0.4, -0.2) is 59.4 Å². The number of carbonyl (C=O) groups is 2. The minimum Gasteiger partial charge on any atom is -0.493 e. The van der Waals surface area contributed by atoms with Crippen LogP contribution in [0.5, 0.6) is 17.2 Å². The zero-order valence-corrected chi connectivity index (χ0v) is 25.9. The average molecular weight is 614 g/mol. The third-order valence-corrected chi connectivity index (χ3v) is 7.58. The van der Waals surface area contributed by atoms with Gasteiger partial charge in [0.15, 0.2) is 11.5 Å². The molecule has 0 aliphatic heterocycles. The van der Waals surface area contributed by atoms with E-state index >= 15 is 0 Å². The first-order chi connectivity index (χ1) is 21.6. The van der Waals surface area contributed by atoms with Crippen LogP contribution in [0.15, 0.2) is 53.3 Å². The van der Waals surface area contributed by atoms with Gasteiger partial charge in [-0.1, -0.05) is 18.2 Å². The highest BCUT2D eigenvalue weighted by atomic mass is 16.5. The van der Waals surface area contributed by atoms with Crippen LogP contribution < -0.4 is 35.6 Å². The molecule has 1 heterocycles. The van der Waals surface area contributed by atoms with Crippen LogP contribution >= 0.6 is 0 Å². The Morgan fingerprint density at radius 2 is 1.80 bits per heavy atom. The molecule has 234 valence electrons. The molecule has 1 aromatic heterocycles. The fourth-order valence-electron chi connectivity index (χ4n) is 5.51. The summed E-state index contributed by atoms with van der Waals surface area (Å²) in [4.78, 5) is 40.4. The van der Waals surface area contributed by atoms with Crippen molar-refractivity contribution < 1.29 is 23.8 Å². The number of tetrazole rings is 1. The van der Waals surface area contributed by atoms with E-state index in [1.807, 2.05) is 12.1 Å². The molecule has 2 atom stereocenters. The molecule has 2 amide bonds. The third-order valence-electron chi connectivity index (χ3n) is 7.58. The number of methoxy groups -OCH3 is 3. The van der Waals surface area contributed by atoms with Crippen molar-refractivity contribution in [3.05, 3.63) is 69.9 Å². The monoisotopic (exact) mass is 613 g/mol. The summed E-state index contributed by atoms with van der Waals surface area (Å²) in [5.74, 6) is 1.24. The molecule has 4 aromatic rings. The summed E-state index contributed by atoms with van der Waals surface area (Å²) in [5.41, 5.74) is 4.07. The maximum Gasteiger partial charge on any atom is 0.246 e. The van der Waals surface area contributed by atoms with Gasteiger partial charge in [0, 0.05) is 23.7 Å². The van der Waals surface area contributed by atoms with Crippen LogP contribution in [0, 0.1) is 0 Å². The Kier molecular flexibility index (Phi) is 8.98. The number of amides is 2. The Balaban J connectivity index is 1.50. The molecule has 0 spiro atoms. The third kappa shape index (κ3) is 6.42. The van der Waals surface area contributed by atoms with Crippen LogP contribution in [-0.2, 0) is 23.1 Å². The molecule has 2 unspecified atom stereocenters. The SMILES string of the molecule is COc1cc2c(c(OC)c1OC)-c1ccc(NC(C)C(=O)Nc3cccc(-c4nnn(C)n4)c3)c(=O)cc1C(NC(C)=O)CC2. The first-order valence-electron chi connectivity index (χ1n) is 14.3. The summed E-state index contributed by atoms with van der Waals surface area (Å²) >= 11 is 0. The summed E-state index contributed by atoms with van der Waals surface area (Å²) in [6, 6.07) is 12.7. The van der Waals surface area contributed by atoms with E-state index in [0.717, 1.165) is 11.1 Å². The quantitative estimate of drug-likeness (QED) is 0.255. The number of benzene rings is 2. The smallest absolute Gasteiger partial charge is 0.246 e. The highest BCUT2D eigenvalue weighted by Gasteiger charge is 2.29. The second kappa shape index (κ2) is 13.0. The maximum absolute atomic E-state index is 13.6. The molecule has 13 heteroatoms. The van der Waals surface area contributed by atoms with Crippen molar-refractivity contribution in [1.29, 1.82) is 0 Å². The van der Waals surface area contributed by atoms with E-state index in [4.69, 9.17) is 14.2 Å². The molecule has 0 fully saturated rings. The number of aryl methyl sites for hydroxylation is 2. The summed E-state index contributed by atoms with van der Waals surface area (Å²) in [7, 11) is 6.30. The van der Waals surface area contributed by atoms with Crippen molar-refractivity contribution in [2.75, 3.05) is 32.0 Å². The maximum atomic E-state index is 13.6. The van der Waals surface area contributed by atoms with Crippen molar-refractivity contribution >= 4 is 23.2 Å². The standard InChI is InChI=1S/C32H35N7O6/c1-17(32(42)35-21-9-7-8-20(14-21)31-36-38-39(3)37-31)33-25-13-11-22-23(16-26(25)41)24(34-18(2)40)12-10-19-15-27(43-4)29(44-5)30(45-6)28(19)22/h7-9,11,13-17,24H,10,12H2,1-6H3,(H,33,41)(H,34,40)(H,35,42). The van der Waals surface area contributed by atoms with E-state index in [0.29, 0.717) is 58.3 Å². The predicted octanol–water partition coefficient (Wildman–Crippen LogP) is 3.49. The molecule has 0 bridgehead atoms. The lowest BCUT2D eigenvalue weighted by molar-refractivity contribution is -0.119. The van der Waals surface area contributed by atoms with Crippen molar-refractivity contribution in [3.63, 3.8) is 0 Å². The second-order valence-corrected chi connectivity index (χ2v) is 10.6. The fraction of sp³-hybridized carbons (Fsp3) is 0.312. The van der Waals surface area contributed by atoms with Gasteiger partial charge in [-0.05, 0) is 72.0 Å². The lowest BCUT2D eigenvalue weighted by Gasteiger charge is -2.19. The number of hydrogen-bond acceptors (Lipinski definition) is 10. The zero-order chi connectivity index (χ0) is 32.2. The molecular formula is C32H35N7O6. The number of fused-ring (bicyclic) bond motifs is 3. The highest BCUT2D eigenvalue weighted by Crippen LogP contribution is 2.50. The summed E-state index contributed by atoms with van der Waals surface area (Å²) in [6.45, 7) is 3.11. The number of nitrogens with one attached hydrogen (secondary N) is 3. The normalized spacial score (nSPS) is 14.2. The molecule has 0 saturated heterocycles. The topological polar surface area (TPSA) is 159 Å². The Labute approximate surface area is 259 Å². The van der Waals surface area contributed by atoms with Gasteiger partial charge in [-0.3, -0.25) is 14.4 Å². The Morgan fingerprint density at radius 3 is 2.47 bits per heavy atom. The number of ether oxygens (including phenoxy) is 3. The second-order valence-electron chi connectivity index (χ2n) is 10.6. The minimum absolute atomic E-state index is 0.214. The van der Waals surface area contributed by atoms with E-state index in [2.05, 4.69) is 31.4 Å². The van der Waals surface area contributed by atoms with E-state index in [1.165, 1.54) is 24.9 Å². The number of anilines is 2. The lowest BCUT2D eigenvalue weighted by Crippen LogP contribution is -2.33. The van der Waals surface area contributed by atoms with Gasteiger partial charge in [-0.25, -0.2) is 0 Å². The van der Waals surface area contributed by atoms with Gasteiger partial charge in [0.25, 0.3) is 0 Å². The Hall–Kier alpha value is -5.46. The highest BCUT2D eigenvalue weighted by molar-refractivity contribution is 5.96. The van der Waals surface area contributed by atoms with Crippen LogP contribution in [0.1, 0.15) is 37.4 Å². The van der Waals surface area contributed by atoms with Crippen LogP contribution in [0.2, 0.25) is 0 Å². The van der Waals surface area contributed by atoms with Gasteiger partial charge >= 0.3 is 0 Å². The van der Waals surface area contributed by atoms with Crippen LogP contribution in [0.4, 0.5) is 11.4 Å². The van der Waals surface area contributed by atoms with Gasteiger partial charge in [0.1, 0.15) is 6.04 Å². The summed E-state index contributed by atoms with van der Waals surface area (Å²) < 4.78 is 17.1. The molecular weight excluding hydrogens is 578 g/mol. The molecule has 3 N–H and O–H groups in total. The molecule has 45 heavy (non-hydrogen) atoms. The van der Waals surface area contributed by atoms with Gasteiger partial charge in [-0.15, -0.1) is 10.2 Å². The van der Waals surface area contributed by atoms with E-state index in [9.17, 15) is 14.4 Å². The molecule has 0 saturated carbocycles.